The first-order valence-corrected chi connectivity index (χ1v) is 6.91. The van der Waals surface area contributed by atoms with Crippen molar-refractivity contribution < 1.29 is 14.2 Å². The molecule has 2 N–H and O–H groups in total. The van der Waals surface area contributed by atoms with Crippen LogP contribution in [-0.4, -0.2) is 26.9 Å². The van der Waals surface area contributed by atoms with E-state index in [-0.39, 0.29) is 12.6 Å². The molecule has 0 saturated carbocycles. The second-order valence-corrected chi connectivity index (χ2v) is 5.06. The molecule has 0 saturated heterocycles. The van der Waals surface area contributed by atoms with Crippen LogP contribution in [0.1, 0.15) is 12.5 Å². The maximum atomic E-state index is 5.81. The Balaban J connectivity index is 3.08. The molecule has 1 aromatic rings. The maximum absolute atomic E-state index is 5.81. The Hall–Kier alpha value is -1.10. The minimum atomic E-state index is 0.0461. The highest BCUT2D eigenvalue weighted by Crippen LogP contribution is 2.39. The van der Waals surface area contributed by atoms with Gasteiger partial charge in [0.2, 0.25) is 5.75 Å². The standard InChI is InChI=1S/C14H19Cl2NO3/c1-9(17)4-10-5-12(18-2)14(13(6-10)19-3)20-8-11(16)7-15/h5-7,9H,4,8,17H2,1-3H3. The molecule has 4 nitrogen and oxygen atoms in total. The van der Waals surface area contributed by atoms with E-state index in [1.165, 1.54) is 5.54 Å². The Morgan fingerprint density at radius 1 is 1.30 bits per heavy atom. The van der Waals surface area contributed by atoms with Gasteiger partial charge in [-0.1, -0.05) is 23.2 Å². The highest BCUT2D eigenvalue weighted by molar-refractivity contribution is 6.36. The van der Waals surface area contributed by atoms with Crippen molar-refractivity contribution in [3.63, 3.8) is 0 Å². The molecule has 1 rings (SSSR count). The lowest BCUT2D eigenvalue weighted by atomic mass is 10.1. The summed E-state index contributed by atoms with van der Waals surface area (Å²) in [4.78, 5) is 0. The van der Waals surface area contributed by atoms with E-state index in [2.05, 4.69) is 0 Å². The van der Waals surface area contributed by atoms with Gasteiger partial charge < -0.3 is 19.9 Å². The van der Waals surface area contributed by atoms with Crippen LogP contribution in [0, 0.1) is 0 Å². The monoisotopic (exact) mass is 319 g/mol. The molecule has 0 radical (unpaired) electrons. The number of halogens is 2. The Morgan fingerprint density at radius 2 is 1.85 bits per heavy atom. The van der Waals surface area contributed by atoms with E-state index in [9.17, 15) is 0 Å². The smallest absolute Gasteiger partial charge is 0.203 e. The fraction of sp³-hybridized carbons (Fsp3) is 0.429. The molecule has 1 atom stereocenters. The number of nitrogens with two attached hydrogens (primary N) is 1. The van der Waals surface area contributed by atoms with E-state index < -0.39 is 0 Å². The fourth-order valence-electron chi connectivity index (χ4n) is 1.74. The molecule has 0 fully saturated rings. The van der Waals surface area contributed by atoms with Crippen molar-refractivity contribution in [3.05, 3.63) is 28.3 Å². The summed E-state index contributed by atoms with van der Waals surface area (Å²) in [5, 5.41) is 0.385. The van der Waals surface area contributed by atoms with Crippen LogP contribution < -0.4 is 19.9 Å². The third-order valence-corrected chi connectivity index (χ3v) is 3.14. The highest BCUT2D eigenvalue weighted by atomic mass is 35.5. The van der Waals surface area contributed by atoms with E-state index >= 15 is 0 Å². The van der Waals surface area contributed by atoms with Crippen LogP contribution >= 0.6 is 23.2 Å². The fourth-order valence-corrected chi connectivity index (χ4v) is 1.86. The highest BCUT2D eigenvalue weighted by Gasteiger charge is 2.15. The van der Waals surface area contributed by atoms with Gasteiger partial charge in [-0.05, 0) is 31.0 Å². The molecule has 112 valence electrons. The van der Waals surface area contributed by atoms with Gasteiger partial charge in [-0.15, -0.1) is 0 Å². The van der Waals surface area contributed by atoms with Crippen LogP contribution in [0.2, 0.25) is 0 Å². The summed E-state index contributed by atoms with van der Waals surface area (Å²) in [6.07, 6.45) is 0.718. The molecule has 0 aliphatic carbocycles. The van der Waals surface area contributed by atoms with Crippen LogP contribution in [0.4, 0.5) is 0 Å². The third-order valence-electron chi connectivity index (χ3n) is 2.55. The van der Waals surface area contributed by atoms with Crippen molar-refractivity contribution >= 4 is 23.2 Å². The molecule has 0 aliphatic rings. The second kappa shape index (κ2) is 8.25. The van der Waals surface area contributed by atoms with E-state index in [0.29, 0.717) is 22.3 Å². The van der Waals surface area contributed by atoms with Crippen molar-refractivity contribution in [2.24, 2.45) is 5.73 Å². The van der Waals surface area contributed by atoms with Gasteiger partial charge in [0.25, 0.3) is 0 Å². The Labute approximate surface area is 129 Å². The van der Waals surface area contributed by atoms with Gasteiger partial charge in [0.1, 0.15) is 6.61 Å². The zero-order valence-corrected chi connectivity index (χ0v) is 13.3. The Morgan fingerprint density at radius 3 is 2.25 bits per heavy atom. The first kappa shape index (κ1) is 17.0. The van der Waals surface area contributed by atoms with Gasteiger partial charge in [0.15, 0.2) is 11.5 Å². The first-order chi connectivity index (χ1) is 9.51. The third kappa shape index (κ3) is 4.78. The van der Waals surface area contributed by atoms with Crippen LogP contribution in [-0.2, 0) is 6.42 Å². The van der Waals surface area contributed by atoms with E-state index in [1.807, 2.05) is 19.1 Å². The molecule has 20 heavy (non-hydrogen) atoms. The zero-order chi connectivity index (χ0) is 15.1. The van der Waals surface area contributed by atoms with E-state index in [0.717, 1.165) is 12.0 Å². The summed E-state index contributed by atoms with van der Waals surface area (Å²) in [5.74, 6) is 1.62. The van der Waals surface area contributed by atoms with Gasteiger partial charge in [-0.25, -0.2) is 0 Å². The van der Waals surface area contributed by atoms with Crippen LogP contribution in [0.15, 0.2) is 22.7 Å². The van der Waals surface area contributed by atoms with Crippen molar-refractivity contribution in [2.75, 3.05) is 20.8 Å². The van der Waals surface area contributed by atoms with Gasteiger partial charge in [-0.3, -0.25) is 0 Å². The van der Waals surface area contributed by atoms with Gasteiger partial charge in [0, 0.05) is 11.6 Å². The summed E-state index contributed by atoms with van der Waals surface area (Å²) in [5.41, 5.74) is 8.08. The quantitative estimate of drug-likeness (QED) is 0.837. The zero-order valence-electron chi connectivity index (χ0n) is 11.8. The van der Waals surface area contributed by atoms with E-state index in [4.69, 9.17) is 43.1 Å². The van der Waals surface area contributed by atoms with Crippen molar-refractivity contribution in [1.82, 2.24) is 0 Å². The van der Waals surface area contributed by atoms with Gasteiger partial charge in [0.05, 0.1) is 19.3 Å². The molecule has 6 heteroatoms. The van der Waals surface area contributed by atoms with Crippen LogP contribution in [0.3, 0.4) is 0 Å². The molecule has 0 amide bonds. The lowest BCUT2D eigenvalue weighted by Crippen LogP contribution is -2.17. The lowest BCUT2D eigenvalue weighted by molar-refractivity contribution is 0.298. The second-order valence-electron chi connectivity index (χ2n) is 4.36. The maximum Gasteiger partial charge on any atom is 0.203 e. The molecule has 1 unspecified atom stereocenters. The summed E-state index contributed by atoms with van der Waals surface area (Å²) < 4.78 is 16.3. The number of rotatable bonds is 7. The molecule has 0 bridgehead atoms. The number of methoxy groups -OCH3 is 2. The predicted octanol–water partition coefficient (Wildman–Crippen LogP) is 3.29. The van der Waals surface area contributed by atoms with Gasteiger partial charge >= 0.3 is 0 Å². The SMILES string of the molecule is COc1cc(CC(C)N)cc(OC)c1OCC(Cl)=CCl. The summed E-state index contributed by atoms with van der Waals surface area (Å²) in [7, 11) is 3.13. The molecule has 1 aromatic carbocycles. The Bertz CT molecular complexity index is 450. The van der Waals surface area contributed by atoms with Gasteiger partial charge in [-0.2, -0.15) is 0 Å². The minimum absolute atomic E-state index is 0.0461. The molecule has 0 heterocycles. The van der Waals surface area contributed by atoms with Crippen molar-refractivity contribution in [1.29, 1.82) is 0 Å². The summed E-state index contributed by atoms with van der Waals surface area (Å²) in [6.45, 7) is 2.08. The topological polar surface area (TPSA) is 53.7 Å². The predicted molar refractivity (Wildman–Crippen MR) is 82.2 cm³/mol. The van der Waals surface area contributed by atoms with E-state index in [1.54, 1.807) is 14.2 Å². The summed E-state index contributed by atoms with van der Waals surface area (Å²) in [6, 6.07) is 3.80. The average Bonchev–Trinajstić information content (AvgIpc) is 2.43. The number of benzene rings is 1. The molecule has 0 aromatic heterocycles. The molecule has 0 aliphatic heterocycles. The first-order valence-electron chi connectivity index (χ1n) is 6.09. The minimum Gasteiger partial charge on any atom is -0.493 e. The number of hydrogen-bond donors (Lipinski definition) is 1. The van der Waals surface area contributed by atoms with Crippen LogP contribution in [0.25, 0.3) is 0 Å². The number of hydrogen-bond acceptors (Lipinski definition) is 4. The van der Waals surface area contributed by atoms with Crippen LogP contribution in [0.5, 0.6) is 17.2 Å². The lowest BCUT2D eigenvalue weighted by Gasteiger charge is -2.16. The molecular weight excluding hydrogens is 301 g/mol. The largest absolute Gasteiger partial charge is 0.493 e. The van der Waals surface area contributed by atoms with Crippen molar-refractivity contribution in [2.45, 2.75) is 19.4 Å². The molecule has 0 spiro atoms. The normalized spacial score (nSPS) is 13.0. The Kier molecular flexibility index (Phi) is 6.99. The average molecular weight is 320 g/mol. The molecular formula is C14H19Cl2NO3. The van der Waals surface area contributed by atoms with Crippen molar-refractivity contribution in [3.8, 4) is 17.2 Å². The number of ether oxygens (including phenoxy) is 3. The summed E-state index contributed by atoms with van der Waals surface area (Å²) >= 11 is 11.3.